The molecule has 8 N–H and O–H groups in total. The maximum atomic E-state index is 12.7. The van der Waals surface area contributed by atoms with Crippen molar-refractivity contribution >= 4 is 48.9 Å². The van der Waals surface area contributed by atoms with E-state index in [9.17, 15) is 24.3 Å². The third kappa shape index (κ3) is 11.0. The monoisotopic (exact) mass is 465 g/mol. The summed E-state index contributed by atoms with van der Waals surface area (Å²) >= 11 is 8.06. The zero-order valence-corrected chi connectivity index (χ0v) is 19.3. The number of carbonyl (C=O) groups is 4. The molecule has 4 unspecified atom stereocenters. The van der Waals surface area contributed by atoms with Crippen molar-refractivity contribution in [3.8, 4) is 0 Å². The first-order valence-electron chi connectivity index (χ1n) is 9.88. The van der Waals surface area contributed by atoms with Gasteiger partial charge in [-0.15, -0.1) is 0 Å². The molecule has 4 atom stereocenters. The number of nitrogens with one attached hydrogen (secondary N) is 3. The summed E-state index contributed by atoms with van der Waals surface area (Å²) in [5.74, 6) is -2.79. The molecular weight excluding hydrogens is 430 g/mol. The summed E-state index contributed by atoms with van der Waals surface area (Å²) < 4.78 is 0. The maximum Gasteiger partial charge on any atom is 0.326 e. The van der Waals surface area contributed by atoms with Gasteiger partial charge in [0.1, 0.15) is 18.1 Å². The predicted molar refractivity (Wildman–Crippen MR) is 121 cm³/mol. The molecule has 0 saturated heterocycles. The van der Waals surface area contributed by atoms with Crippen LogP contribution in [0.4, 0.5) is 0 Å². The van der Waals surface area contributed by atoms with Gasteiger partial charge in [0.25, 0.3) is 0 Å². The molecule has 30 heavy (non-hydrogen) atoms. The number of amides is 3. The van der Waals surface area contributed by atoms with Crippen molar-refractivity contribution in [2.75, 3.05) is 18.1 Å². The van der Waals surface area contributed by atoms with Crippen LogP contribution in [0.1, 0.15) is 39.5 Å². The second kappa shape index (κ2) is 15.3. The number of aliphatic carboxylic acids is 1. The van der Waals surface area contributed by atoms with Crippen LogP contribution in [0.2, 0.25) is 0 Å². The molecule has 0 aliphatic rings. The van der Waals surface area contributed by atoms with E-state index in [1.54, 1.807) is 0 Å². The molecule has 0 heterocycles. The Bertz CT molecular complexity index is 579. The molecule has 0 rings (SSSR count). The molecule has 0 aromatic rings. The lowest BCUT2D eigenvalue weighted by Crippen LogP contribution is -2.58. The van der Waals surface area contributed by atoms with E-state index >= 15 is 0 Å². The van der Waals surface area contributed by atoms with Crippen LogP contribution in [-0.2, 0) is 19.2 Å². The van der Waals surface area contributed by atoms with Gasteiger partial charge in [-0.3, -0.25) is 14.4 Å². The molecule has 0 spiro atoms. The van der Waals surface area contributed by atoms with Crippen molar-refractivity contribution in [3.05, 3.63) is 0 Å². The van der Waals surface area contributed by atoms with Gasteiger partial charge >= 0.3 is 5.97 Å². The third-order valence-electron chi connectivity index (χ3n) is 4.25. The Balaban J connectivity index is 5.12. The van der Waals surface area contributed by atoms with Crippen molar-refractivity contribution in [1.29, 1.82) is 0 Å². The average Bonchev–Trinajstić information content (AvgIpc) is 2.69. The van der Waals surface area contributed by atoms with Crippen LogP contribution in [0, 0.1) is 5.92 Å². The first-order chi connectivity index (χ1) is 14.1. The van der Waals surface area contributed by atoms with Gasteiger partial charge in [0.05, 0.1) is 6.04 Å². The highest BCUT2D eigenvalue weighted by Gasteiger charge is 2.29. The number of rotatable bonds is 15. The lowest BCUT2D eigenvalue weighted by molar-refractivity contribution is -0.142. The minimum absolute atomic E-state index is 0.0504. The number of hydrogen-bond acceptors (Lipinski definition) is 8. The molecule has 0 bridgehead atoms. The fourth-order valence-electron chi connectivity index (χ4n) is 2.55. The number of carboxylic acids is 1. The number of nitrogens with two attached hydrogens (primary N) is 2. The first kappa shape index (κ1) is 28.5. The summed E-state index contributed by atoms with van der Waals surface area (Å²) in [4.78, 5) is 48.7. The average molecular weight is 466 g/mol. The molecule has 3 amide bonds. The molecule has 0 aromatic carbocycles. The molecule has 0 aliphatic heterocycles. The molecule has 0 radical (unpaired) electrons. The smallest absolute Gasteiger partial charge is 0.326 e. The number of unbranched alkanes of at least 4 members (excludes halogenated alkanes) is 1. The fourth-order valence-corrected chi connectivity index (χ4v) is 2.98. The zero-order chi connectivity index (χ0) is 23.3. The molecule has 10 nitrogen and oxygen atoms in total. The normalized spacial score (nSPS) is 15.0. The van der Waals surface area contributed by atoms with Crippen LogP contribution < -0.4 is 27.4 Å². The SMILES string of the molecule is CC(C)CC(NC(=O)C(N)CS)C(=O)NC(CS)C(=O)NC(CCCCN)C(=O)O. The molecule has 0 saturated carbocycles. The molecule has 174 valence electrons. The zero-order valence-electron chi connectivity index (χ0n) is 17.5. The van der Waals surface area contributed by atoms with Gasteiger partial charge in [0.2, 0.25) is 17.7 Å². The Labute approximate surface area is 188 Å². The van der Waals surface area contributed by atoms with Crippen LogP contribution in [-0.4, -0.2) is 71.0 Å². The van der Waals surface area contributed by atoms with Gasteiger partial charge in [-0.2, -0.15) is 25.3 Å². The van der Waals surface area contributed by atoms with Crippen LogP contribution in [0.15, 0.2) is 0 Å². The molecular formula is C18H35N5O5S2. The maximum absolute atomic E-state index is 12.7. The van der Waals surface area contributed by atoms with Gasteiger partial charge in [-0.25, -0.2) is 4.79 Å². The summed E-state index contributed by atoms with van der Waals surface area (Å²) in [6.07, 6.45) is 1.73. The third-order valence-corrected chi connectivity index (χ3v) is 5.01. The van der Waals surface area contributed by atoms with Crippen molar-refractivity contribution in [3.63, 3.8) is 0 Å². The highest BCUT2D eigenvalue weighted by molar-refractivity contribution is 7.80. The van der Waals surface area contributed by atoms with E-state index in [-0.39, 0.29) is 23.8 Å². The summed E-state index contributed by atoms with van der Waals surface area (Å²) in [5.41, 5.74) is 11.1. The van der Waals surface area contributed by atoms with E-state index in [4.69, 9.17) is 11.5 Å². The second-order valence-electron chi connectivity index (χ2n) is 7.41. The number of carboxylic acid groups (broad SMARTS) is 1. The van der Waals surface area contributed by atoms with Gasteiger partial charge in [-0.05, 0) is 38.1 Å². The number of hydrogen-bond donors (Lipinski definition) is 8. The molecule has 0 fully saturated rings. The minimum atomic E-state index is -1.17. The Morgan fingerprint density at radius 3 is 1.87 bits per heavy atom. The Morgan fingerprint density at radius 1 is 0.867 bits per heavy atom. The standard InChI is InChI=1S/C18H35N5O5S2/c1-10(2)7-13(22-15(24)11(20)8-29)16(25)23-14(9-30)17(26)21-12(18(27)28)5-3-4-6-19/h10-14,29-30H,3-9,19-20H2,1-2H3,(H,21,26)(H,22,24)(H,23,25)(H,27,28). The van der Waals surface area contributed by atoms with Crippen LogP contribution >= 0.6 is 25.3 Å². The topological polar surface area (TPSA) is 177 Å². The Kier molecular flexibility index (Phi) is 14.6. The van der Waals surface area contributed by atoms with Crippen molar-refractivity contribution in [2.24, 2.45) is 17.4 Å². The van der Waals surface area contributed by atoms with E-state index in [0.717, 1.165) is 0 Å². The lowest BCUT2D eigenvalue weighted by Gasteiger charge is -2.25. The summed E-state index contributed by atoms with van der Waals surface area (Å²) in [6.45, 7) is 4.19. The van der Waals surface area contributed by atoms with Crippen LogP contribution in [0.5, 0.6) is 0 Å². The van der Waals surface area contributed by atoms with E-state index < -0.39 is 47.9 Å². The Hall–Kier alpha value is -1.50. The quantitative estimate of drug-likeness (QED) is 0.112. The van der Waals surface area contributed by atoms with Gasteiger partial charge in [0.15, 0.2) is 0 Å². The van der Waals surface area contributed by atoms with Gasteiger partial charge in [-0.1, -0.05) is 13.8 Å². The predicted octanol–water partition coefficient (Wildman–Crippen LogP) is -1.11. The fraction of sp³-hybridized carbons (Fsp3) is 0.778. The first-order valence-corrected chi connectivity index (χ1v) is 11.1. The van der Waals surface area contributed by atoms with Crippen LogP contribution in [0.3, 0.4) is 0 Å². The highest BCUT2D eigenvalue weighted by Crippen LogP contribution is 2.07. The van der Waals surface area contributed by atoms with Gasteiger partial charge in [0, 0.05) is 11.5 Å². The van der Waals surface area contributed by atoms with Gasteiger partial charge < -0.3 is 32.5 Å². The highest BCUT2D eigenvalue weighted by atomic mass is 32.1. The van der Waals surface area contributed by atoms with Crippen molar-refractivity contribution in [1.82, 2.24) is 16.0 Å². The van der Waals surface area contributed by atoms with Crippen molar-refractivity contribution < 1.29 is 24.3 Å². The largest absolute Gasteiger partial charge is 0.480 e. The number of thiol groups is 2. The van der Waals surface area contributed by atoms with E-state index in [1.807, 2.05) is 13.8 Å². The number of carbonyl (C=O) groups excluding carboxylic acids is 3. The molecule has 0 aromatic heterocycles. The molecule has 12 heteroatoms. The summed E-state index contributed by atoms with van der Waals surface area (Å²) in [5, 5.41) is 16.8. The van der Waals surface area contributed by atoms with E-state index in [1.165, 1.54) is 0 Å². The van der Waals surface area contributed by atoms with E-state index in [0.29, 0.717) is 25.8 Å². The summed E-state index contributed by atoms with van der Waals surface area (Å²) in [6, 6.07) is -3.94. The Morgan fingerprint density at radius 2 is 1.40 bits per heavy atom. The minimum Gasteiger partial charge on any atom is -0.480 e. The molecule has 0 aliphatic carbocycles. The lowest BCUT2D eigenvalue weighted by atomic mass is 10.0. The summed E-state index contributed by atoms with van der Waals surface area (Å²) in [7, 11) is 0. The van der Waals surface area contributed by atoms with E-state index in [2.05, 4.69) is 41.2 Å². The second-order valence-corrected chi connectivity index (χ2v) is 8.14. The van der Waals surface area contributed by atoms with Crippen LogP contribution in [0.25, 0.3) is 0 Å². The van der Waals surface area contributed by atoms with Crippen molar-refractivity contribution in [2.45, 2.75) is 63.7 Å².